The van der Waals surface area contributed by atoms with Crippen LogP contribution in [-0.2, 0) is 4.74 Å². The molecule has 1 N–H and O–H groups in total. The van der Waals surface area contributed by atoms with Gasteiger partial charge in [-0.2, -0.15) is 14.7 Å². The highest BCUT2D eigenvalue weighted by molar-refractivity contribution is 5.76. The molecular weight excluding hydrogens is 354 g/mol. The topological polar surface area (TPSA) is 76.3 Å². The van der Waals surface area contributed by atoms with Crippen molar-refractivity contribution in [2.45, 2.75) is 26.8 Å². The summed E-state index contributed by atoms with van der Waals surface area (Å²) in [5.41, 5.74) is 4.96. The van der Waals surface area contributed by atoms with E-state index >= 15 is 0 Å². The quantitative estimate of drug-likeness (QED) is 0.594. The molecule has 0 spiro atoms. The van der Waals surface area contributed by atoms with Crippen molar-refractivity contribution in [1.82, 2.24) is 29.4 Å². The van der Waals surface area contributed by atoms with Gasteiger partial charge in [0.25, 0.3) is 0 Å². The van der Waals surface area contributed by atoms with Gasteiger partial charge in [0.15, 0.2) is 5.65 Å². The third-order valence-electron chi connectivity index (χ3n) is 5.39. The molecule has 1 aliphatic heterocycles. The molecule has 28 heavy (non-hydrogen) atoms. The first-order valence-electron chi connectivity index (χ1n) is 9.51. The zero-order valence-corrected chi connectivity index (χ0v) is 16.3. The Bertz CT molecular complexity index is 1110. The lowest BCUT2D eigenvalue weighted by atomic mass is 10.2. The van der Waals surface area contributed by atoms with E-state index in [1.807, 2.05) is 16.8 Å². The second-order valence-corrected chi connectivity index (χ2v) is 7.31. The Morgan fingerprint density at radius 2 is 2.00 bits per heavy atom. The van der Waals surface area contributed by atoms with Crippen LogP contribution >= 0.6 is 0 Å². The molecule has 144 valence electrons. The van der Waals surface area contributed by atoms with Gasteiger partial charge in [0.1, 0.15) is 11.6 Å². The molecule has 5 rings (SSSR count). The van der Waals surface area contributed by atoms with Crippen LogP contribution in [0.25, 0.3) is 22.7 Å². The fourth-order valence-corrected chi connectivity index (χ4v) is 3.93. The van der Waals surface area contributed by atoms with Crippen molar-refractivity contribution in [3.8, 4) is 17.1 Å². The summed E-state index contributed by atoms with van der Waals surface area (Å²) < 4.78 is 9.75. The number of aryl methyl sites for hydroxylation is 2. The van der Waals surface area contributed by atoms with Gasteiger partial charge in [-0.25, -0.2) is 4.98 Å². The molecule has 1 fully saturated rings. The highest BCUT2D eigenvalue weighted by atomic mass is 16.5. The molecule has 8 heteroatoms. The molecule has 4 aromatic rings. The number of nitrogens with one attached hydrogen (secondary N) is 1. The van der Waals surface area contributed by atoms with Gasteiger partial charge in [0.05, 0.1) is 36.7 Å². The summed E-state index contributed by atoms with van der Waals surface area (Å²) in [6.45, 7) is 8.62. The van der Waals surface area contributed by atoms with Crippen molar-refractivity contribution in [1.29, 1.82) is 0 Å². The Kier molecular flexibility index (Phi) is 3.94. The molecule has 0 amide bonds. The second-order valence-electron chi connectivity index (χ2n) is 7.31. The number of hydrogen-bond acceptors (Lipinski definition) is 5. The summed E-state index contributed by atoms with van der Waals surface area (Å²) in [4.78, 5) is 7.32. The lowest BCUT2D eigenvalue weighted by Crippen LogP contribution is -2.44. The van der Waals surface area contributed by atoms with Crippen molar-refractivity contribution in [3.63, 3.8) is 0 Å². The molecule has 4 aromatic heterocycles. The largest absolute Gasteiger partial charge is 0.377 e. The van der Waals surface area contributed by atoms with Crippen LogP contribution in [0.5, 0.6) is 0 Å². The summed E-state index contributed by atoms with van der Waals surface area (Å²) in [6.07, 6.45) is 3.59. The molecule has 0 bridgehead atoms. The molecule has 0 unspecified atom stereocenters. The highest BCUT2D eigenvalue weighted by Crippen LogP contribution is 2.29. The van der Waals surface area contributed by atoms with Crippen LogP contribution in [0, 0.1) is 13.8 Å². The van der Waals surface area contributed by atoms with Gasteiger partial charge in [0, 0.05) is 30.2 Å². The zero-order valence-electron chi connectivity index (χ0n) is 16.3. The Hall–Kier alpha value is -3.13. The minimum atomic E-state index is 0.266. The maximum absolute atomic E-state index is 5.62. The number of fused-ring (bicyclic) bond motifs is 1. The van der Waals surface area contributed by atoms with E-state index < -0.39 is 0 Å². The van der Waals surface area contributed by atoms with E-state index in [9.17, 15) is 0 Å². The molecule has 0 aromatic carbocycles. The SMILES string of the molecule is Cc1ccc(C)n1-c1cc(N2CCOC[C@H]2C)nc2c(-c3ccn[nH]3)cnn12. The van der Waals surface area contributed by atoms with Crippen LogP contribution in [0.15, 0.2) is 36.7 Å². The lowest BCUT2D eigenvalue weighted by molar-refractivity contribution is 0.0985. The van der Waals surface area contributed by atoms with Gasteiger partial charge in [-0.05, 0) is 39.0 Å². The van der Waals surface area contributed by atoms with Crippen LogP contribution in [0.1, 0.15) is 18.3 Å². The average Bonchev–Trinajstić information content (AvgIpc) is 3.42. The van der Waals surface area contributed by atoms with E-state index in [1.165, 1.54) is 0 Å². The van der Waals surface area contributed by atoms with E-state index in [2.05, 4.69) is 63.7 Å². The van der Waals surface area contributed by atoms with Crippen LogP contribution < -0.4 is 4.90 Å². The molecule has 1 aliphatic rings. The first-order valence-corrected chi connectivity index (χ1v) is 9.51. The van der Waals surface area contributed by atoms with E-state index in [4.69, 9.17) is 9.72 Å². The first-order chi connectivity index (χ1) is 13.6. The standard InChI is InChI=1S/C20H23N7O/c1-13-4-5-14(2)26(13)19-10-18(25-8-9-28-12-15(25)3)23-20-16(11-22-27(19)20)17-6-7-21-24-17/h4-7,10-11,15H,8-9,12H2,1-3H3,(H,21,24)/t15-/m1/s1. The monoisotopic (exact) mass is 377 g/mol. The Balaban J connectivity index is 1.78. The highest BCUT2D eigenvalue weighted by Gasteiger charge is 2.24. The number of nitrogens with zero attached hydrogens (tertiary/aromatic N) is 6. The van der Waals surface area contributed by atoms with Crippen LogP contribution in [0.3, 0.4) is 0 Å². The summed E-state index contributed by atoms with van der Waals surface area (Å²) in [5, 5.41) is 11.8. The molecule has 0 saturated carbocycles. The minimum absolute atomic E-state index is 0.266. The van der Waals surface area contributed by atoms with E-state index in [-0.39, 0.29) is 6.04 Å². The third-order valence-corrected chi connectivity index (χ3v) is 5.39. The van der Waals surface area contributed by atoms with Gasteiger partial charge < -0.3 is 14.2 Å². The number of aromatic amines is 1. The number of morpholine rings is 1. The molecule has 0 radical (unpaired) electrons. The van der Waals surface area contributed by atoms with Crippen LogP contribution in [0.4, 0.5) is 5.82 Å². The number of ether oxygens (including phenoxy) is 1. The summed E-state index contributed by atoms with van der Waals surface area (Å²) in [6, 6.07) is 8.57. The van der Waals surface area contributed by atoms with Crippen LogP contribution in [0.2, 0.25) is 0 Å². The van der Waals surface area contributed by atoms with Crippen molar-refractivity contribution in [2.24, 2.45) is 0 Å². The smallest absolute Gasteiger partial charge is 0.169 e. The summed E-state index contributed by atoms with van der Waals surface area (Å²) in [5.74, 6) is 1.91. The van der Waals surface area contributed by atoms with E-state index in [0.29, 0.717) is 13.2 Å². The zero-order chi connectivity index (χ0) is 19.3. The second kappa shape index (κ2) is 6.49. The number of aromatic nitrogens is 6. The lowest BCUT2D eigenvalue weighted by Gasteiger charge is -2.34. The summed E-state index contributed by atoms with van der Waals surface area (Å²) >= 11 is 0. The maximum Gasteiger partial charge on any atom is 0.169 e. The number of H-pyrrole nitrogens is 1. The number of hydrogen-bond donors (Lipinski definition) is 1. The Morgan fingerprint density at radius 3 is 2.71 bits per heavy atom. The maximum atomic E-state index is 5.62. The molecule has 5 heterocycles. The number of anilines is 1. The van der Waals surface area contributed by atoms with Crippen molar-refractivity contribution in [2.75, 3.05) is 24.7 Å². The van der Waals surface area contributed by atoms with Gasteiger partial charge in [0.2, 0.25) is 0 Å². The van der Waals surface area contributed by atoms with Crippen LogP contribution in [-0.4, -0.2) is 55.2 Å². The van der Waals surface area contributed by atoms with Crippen molar-refractivity contribution in [3.05, 3.63) is 48.0 Å². The number of rotatable bonds is 3. The van der Waals surface area contributed by atoms with Gasteiger partial charge in [-0.1, -0.05) is 0 Å². The normalized spacial score (nSPS) is 17.5. The molecule has 1 saturated heterocycles. The minimum Gasteiger partial charge on any atom is -0.377 e. The molecule has 0 aliphatic carbocycles. The van der Waals surface area contributed by atoms with Gasteiger partial charge in [-0.3, -0.25) is 5.10 Å². The fourth-order valence-electron chi connectivity index (χ4n) is 3.93. The van der Waals surface area contributed by atoms with E-state index in [1.54, 1.807) is 6.20 Å². The first kappa shape index (κ1) is 17.0. The predicted octanol–water partition coefficient (Wildman–Crippen LogP) is 2.75. The summed E-state index contributed by atoms with van der Waals surface area (Å²) in [7, 11) is 0. The predicted molar refractivity (Wildman–Crippen MR) is 107 cm³/mol. The molecule has 1 atom stereocenters. The third kappa shape index (κ3) is 2.60. The van der Waals surface area contributed by atoms with E-state index in [0.717, 1.165) is 46.5 Å². The molecule has 8 nitrogen and oxygen atoms in total. The fraction of sp³-hybridized carbons (Fsp3) is 0.350. The Labute approximate surface area is 162 Å². The van der Waals surface area contributed by atoms with Gasteiger partial charge in [-0.15, -0.1) is 0 Å². The van der Waals surface area contributed by atoms with Gasteiger partial charge >= 0.3 is 0 Å². The van der Waals surface area contributed by atoms with Crippen molar-refractivity contribution < 1.29 is 4.74 Å². The molecular formula is C20H23N7O. The average molecular weight is 377 g/mol. The van der Waals surface area contributed by atoms with Crippen molar-refractivity contribution >= 4 is 11.5 Å². The Morgan fingerprint density at radius 1 is 1.18 bits per heavy atom.